The molecule has 2 rings (SSSR count). The van der Waals surface area contributed by atoms with E-state index in [1.807, 2.05) is 0 Å². The van der Waals surface area contributed by atoms with Crippen molar-refractivity contribution in [3.63, 3.8) is 0 Å². The maximum absolute atomic E-state index is 9.80. The van der Waals surface area contributed by atoms with Crippen molar-refractivity contribution in [2.45, 2.75) is 30.8 Å². The summed E-state index contributed by atoms with van der Waals surface area (Å²) >= 11 is 0. The summed E-state index contributed by atoms with van der Waals surface area (Å²) in [6, 6.07) is -1.13. The monoisotopic (exact) mass is 244 g/mol. The molecule has 1 aliphatic rings. The molecule has 8 nitrogen and oxygen atoms in total. The summed E-state index contributed by atoms with van der Waals surface area (Å²) in [5.41, 5.74) is 0.473. The van der Waals surface area contributed by atoms with Crippen LogP contribution in [0.1, 0.15) is 11.7 Å². The standard InChI is InChI=1S/C9H16N4O4/c14-2-1-13-3-5(11-12-13)7-9(17)8(16)6(4-15)10-7/h3,6-10,14-17H,1-2,4H2/t6-,7-,8-,9-/m1/s1. The van der Waals surface area contributed by atoms with Crippen molar-refractivity contribution in [1.29, 1.82) is 0 Å². The number of aromatic nitrogens is 3. The molecule has 0 amide bonds. The fraction of sp³-hybridized carbons (Fsp3) is 0.778. The Labute approximate surface area is 97.5 Å². The summed E-state index contributed by atoms with van der Waals surface area (Å²) < 4.78 is 1.45. The van der Waals surface area contributed by atoms with Gasteiger partial charge in [0.15, 0.2) is 0 Å². The number of hydrogen-bond donors (Lipinski definition) is 5. The highest BCUT2D eigenvalue weighted by molar-refractivity contribution is 5.11. The average Bonchev–Trinajstić information content (AvgIpc) is 2.87. The Kier molecular flexibility index (Phi) is 3.69. The van der Waals surface area contributed by atoms with E-state index in [4.69, 9.17) is 10.2 Å². The zero-order valence-electron chi connectivity index (χ0n) is 9.14. The van der Waals surface area contributed by atoms with Crippen LogP contribution in [0.2, 0.25) is 0 Å². The SMILES string of the molecule is OCCn1cc([C@H]2N[C@H](CO)[C@@H](O)[C@@H]2O)nn1. The maximum atomic E-state index is 9.80. The van der Waals surface area contributed by atoms with Gasteiger partial charge >= 0.3 is 0 Å². The molecule has 1 fully saturated rings. The minimum absolute atomic E-state index is 0.0503. The molecule has 1 aromatic rings. The van der Waals surface area contributed by atoms with Crippen molar-refractivity contribution in [3.8, 4) is 0 Å². The number of aliphatic hydroxyl groups excluding tert-OH is 4. The molecular formula is C9H16N4O4. The largest absolute Gasteiger partial charge is 0.395 e. The molecule has 17 heavy (non-hydrogen) atoms. The lowest BCUT2D eigenvalue weighted by molar-refractivity contribution is 0.0190. The van der Waals surface area contributed by atoms with Crippen LogP contribution in [0.5, 0.6) is 0 Å². The number of rotatable bonds is 4. The summed E-state index contributed by atoms with van der Waals surface area (Å²) in [5.74, 6) is 0. The number of aliphatic hydroxyl groups is 4. The second-order valence-corrected chi connectivity index (χ2v) is 4.04. The molecule has 4 atom stereocenters. The maximum Gasteiger partial charge on any atom is 0.103 e. The molecule has 0 saturated carbocycles. The van der Waals surface area contributed by atoms with Crippen LogP contribution in [0.25, 0.3) is 0 Å². The first-order valence-corrected chi connectivity index (χ1v) is 5.41. The molecule has 0 spiro atoms. The Morgan fingerprint density at radius 2 is 2.06 bits per heavy atom. The third-order valence-corrected chi connectivity index (χ3v) is 2.90. The van der Waals surface area contributed by atoms with Gasteiger partial charge in [-0.25, -0.2) is 4.68 Å². The second-order valence-electron chi connectivity index (χ2n) is 4.04. The van der Waals surface area contributed by atoms with Crippen molar-refractivity contribution in [1.82, 2.24) is 20.3 Å². The van der Waals surface area contributed by atoms with E-state index in [0.29, 0.717) is 12.2 Å². The lowest BCUT2D eigenvalue weighted by Gasteiger charge is -2.12. The Balaban J connectivity index is 2.11. The van der Waals surface area contributed by atoms with Crippen LogP contribution < -0.4 is 5.32 Å². The fourth-order valence-electron chi connectivity index (χ4n) is 1.95. The Bertz CT molecular complexity index is 372. The highest BCUT2D eigenvalue weighted by Gasteiger charge is 2.42. The van der Waals surface area contributed by atoms with E-state index in [2.05, 4.69) is 15.6 Å². The summed E-state index contributed by atoms with van der Waals surface area (Å²) in [6.07, 6.45) is -0.483. The van der Waals surface area contributed by atoms with E-state index in [1.54, 1.807) is 6.20 Å². The van der Waals surface area contributed by atoms with Crippen molar-refractivity contribution < 1.29 is 20.4 Å². The first-order valence-electron chi connectivity index (χ1n) is 5.41. The highest BCUT2D eigenvalue weighted by atomic mass is 16.3. The van der Waals surface area contributed by atoms with Crippen LogP contribution in [0.4, 0.5) is 0 Å². The summed E-state index contributed by atoms with van der Waals surface area (Å²) in [7, 11) is 0. The van der Waals surface area contributed by atoms with Gasteiger partial charge in [0.1, 0.15) is 11.8 Å². The molecule has 1 saturated heterocycles. The third kappa shape index (κ3) is 2.31. The molecule has 0 aliphatic carbocycles. The van der Waals surface area contributed by atoms with Gasteiger partial charge in [0, 0.05) is 0 Å². The second kappa shape index (κ2) is 5.07. The van der Waals surface area contributed by atoms with Crippen molar-refractivity contribution >= 4 is 0 Å². The summed E-state index contributed by atoms with van der Waals surface area (Å²) in [6.45, 7) is 0.00659. The molecule has 96 valence electrons. The van der Waals surface area contributed by atoms with Crippen molar-refractivity contribution in [3.05, 3.63) is 11.9 Å². The van der Waals surface area contributed by atoms with Crippen LogP contribution in [0.15, 0.2) is 6.20 Å². The summed E-state index contributed by atoms with van der Waals surface area (Å²) in [5, 5.41) is 47.7. The van der Waals surface area contributed by atoms with Gasteiger partial charge in [0.25, 0.3) is 0 Å². The van der Waals surface area contributed by atoms with E-state index in [1.165, 1.54) is 4.68 Å². The van der Waals surface area contributed by atoms with Crippen LogP contribution >= 0.6 is 0 Å². The Hall–Kier alpha value is -1.06. The van der Waals surface area contributed by atoms with Crippen LogP contribution in [0, 0.1) is 0 Å². The highest BCUT2D eigenvalue weighted by Crippen LogP contribution is 2.25. The molecule has 2 heterocycles. The summed E-state index contributed by atoms with van der Waals surface area (Å²) in [4.78, 5) is 0. The minimum Gasteiger partial charge on any atom is -0.395 e. The van der Waals surface area contributed by atoms with Gasteiger partial charge in [-0.15, -0.1) is 5.10 Å². The lowest BCUT2D eigenvalue weighted by Crippen LogP contribution is -2.35. The first kappa shape index (κ1) is 12.4. The lowest BCUT2D eigenvalue weighted by atomic mass is 10.1. The molecule has 8 heteroatoms. The van der Waals surface area contributed by atoms with Gasteiger partial charge in [0.05, 0.1) is 44.1 Å². The number of hydrogen-bond acceptors (Lipinski definition) is 7. The normalized spacial score (nSPS) is 33.2. The minimum atomic E-state index is -1.04. The molecular weight excluding hydrogens is 228 g/mol. The predicted octanol–water partition coefficient (Wildman–Crippen LogP) is -3.00. The van der Waals surface area contributed by atoms with E-state index in [-0.39, 0.29) is 13.2 Å². The predicted molar refractivity (Wildman–Crippen MR) is 55.9 cm³/mol. The molecule has 0 aromatic carbocycles. The molecule has 0 unspecified atom stereocenters. The van der Waals surface area contributed by atoms with E-state index >= 15 is 0 Å². The van der Waals surface area contributed by atoms with Gasteiger partial charge in [-0.05, 0) is 0 Å². The van der Waals surface area contributed by atoms with E-state index in [0.717, 1.165) is 0 Å². The van der Waals surface area contributed by atoms with Crippen molar-refractivity contribution in [2.75, 3.05) is 13.2 Å². The quantitative estimate of drug-likeness (QED) is 0.382. The van der Waals surface area contributed by atoms with Crippen molar-refractivity contribution in [2.24, 2.45) is 0 Å². The Morgan fingerprint density at radius 3 is 2.65 bits per heavy atom. The molecule has 0 bridgehead atoms. The molecule has 1 aliphatic heterocycles. The van der Waals surface area contributed by atoms with E-state index in [9.17, 15) is 10.2 Å². The average molecular weight is 244 g/mol. The Morgan fingerprint density at radius 1 is 1.29 bits per heavy atom. The van der Waals surface area contributed by atoms with Gasteiger partial charge in [-0.1, -0.05) is 5.21 Å². The number of nitrogens with zero attached hydrogens (tertiary/aromatic N) is 3. The number of nitrogens with one attached hydrogen (secondary N) is 1. The topological polar surface area (TPSA) is 124 Å². The molecule has 1 aromatic heterocycles. The third-order valence-electron chi connectivity index (χ3n) is 2.90. The smallest absolute Gasteiger partial charge is 0.103 e. The van der Waals surface area contributed by atoms with Gasteiger partial charge in [0.2, 0.25) is 0 Å². The van der Waals surface area contributed by atoms with Crippen LogP contribution in [0.3, 0.4) is 0 Å². The zero-order chi connectivity index (χ0) is 12.4. The fourth-order valence-corrected chi connectivity index (χ4v) is 1.95. The van der Waals surface area contributed by atoms with Crippen LogP contribution in [-0.4, -0.2) is 66.9 Å². The van der Waals surface area contributed by atoms with E-state index < -0.39 is 24.3 Å². The molecule has 5 N–H and O–H groups in total. The molecule has 0 radical (unpaired) electrons. The van der Waals surface area contributed by atoms with Gasteiger partial charge < -0.3 is 20.4 Å². The van der Waals surface area contributed by atoms with Crippen LogP contribution in [-0.2, 0) is 6.54 Å². The zero-order valence-corrected chi connectivity index (χ0v) is 9.14. The first-order chi connectivity index (χ1) is 8.17. The van der Waals surface area contributed by atoms with Gasteiger partial charge in [-0.3, -0.25) is 5.32 Å². The van der Waals surface area contributed by atoms with Gasteiger partial charge in [-0.2, -0.15) is 0 Å².